The van der Waals surface area contributed by atoms with Gasteiger partial charge in [0.25, 0.3) is 5.91 Å². The molecule has 0 radical (unpaired) electrons. The Kier molecular flexibility index (Phi) is 10.1. The summed E-state index contributed by atoms with van der Waals surface area (Å²) in [5.74, 6) is 0.497. The van der Waals surface area contributed by atoms with Gasteiger partial charge in [0, 0.05) is 39.3 Å². The number of aliphatic imine (C=N–C) groups is 1. The van der Waals surface area contributed by atoms with Crippen LogP contribution in [-0.2, 0) is 19.3 Å². The average Bonchev–Trinajstić information content (AvgIpc) is 2.69. The van der Waals surface area contributed by atoms with Crippen LogP contribution < -0.4 is 10.6 Å². The van der Waals surface area contributed by atoms with Crippen molar-refractivity contribution < 1.29 is 18.0 Å². The van der Waals surface area contributed by atoms with Crippen LogP contribution in [0.15, 0.2) is 53.5 Å². The number of hydrogen-bond acceptors (Lipinski definition) is 2. The number of amides is 1. The molecule has 0 bridgehead atoms. The van der Waals surface area contributed by atoms with E-state index in [1.165, 1.54) is 12.1 Å². The smallest absolute Gasteiger partial charge is 0.352 e. The molecule has 0 aliphatic carbocycles. The van der Waals surface area contributed by atoms with Gasteiger partial charge in [0.1, 0.15) is 0 Å². The maximum absolute atomic E-state index is 12.7. The molecule has 1 amide bonds. The van der Waals surface area contributed by atoms with Crippen LogP contribution in [-0.4, -0.2) is 37.4 Å². The third-order valence-electron chi connectivity index (χ3n) is 4.28. The Bertz CT molecular complexity index is 837. The largest absolute Gasteiger partial charge is 0.416 e. The number of rotatable bonds is 6. The van der Waals surface area contributed by atoms with Crippen molar-refractivity contribution in [2.45, 2.75) is 26.2 Å². The zero-order chi connectivity index (χ0) is 21.4. The van der Waals surface area contributed by atoms with Gasteiger partial charge in [-0.3, -0.25) is 9.79 Å². The van der Waals surface area contributed by atoms with Gasteiger partial charge >= 0.3 is 6.18 Å². The number of halogens is 4. The molecule has 0 aliphatic rings. The summed E-state index contributed by atoms with van der Waals surface area (Å²) in [5, 5.41) is 5.96. The summed E-state index contributed by atoms with van der Waals surface area (Å²) >= 11 is 0. The van der Waals surface area contributed by atoms with Gasteiger partial charge in [-0.15, -0.1) is 24.0 Å². The zero-order valence-electron chi connectivity index (χ0n) is 17.1. The van der Waals surface area contributed by atoms with Crippen LogP contribution in [0.2, 0.25) is 0 Å². The Hall–Kier alpha value is -2.30. The number of alkyl halides is 3. The normalized spacial score (nSPS) is 11.5. The molecule has 0 saturated carbocycles. The third kappa shape index (κ3) is 7.51. The summed E-state index contributed by atoms with van der Waals surface area (Å²) in [6, 6.07) is 12.3. The van der Waals surface area contributed by atoms with E-state index in [0.29, 0.717) is 31.2 Å². The molecule has 2 aromatic rings. The third-order valence-corrected chi connectivity index (χ3v) is 4.28. The van der Waals surface area contributed by atoms with Crippen molar-refractivity contribution in [3.05, 3.63) is 70.8 Å². The molecule has 0 heterocycles. The van der Waals surface area contributed by atoms with E-state index in [4.69, 9.17) is 0 Å². The van der Waals surface area contributed by atoms with Crippen LogP contribution >= 0.6 is 24.0 Å². The van der Waals surface area contributed by atoms with Crippen molar-refractivity contribution >= 4 is 35.8 Å². The molecular formula is C21H26F3IN4O. The van der Waals surface area contributed by atoms with E-state index < -0.39 is 11.7 Å². The van der Waals surface area contributed by atoms with Crippen molar-refractivity contribution in [1.29, 1.82) is 0 Å². The van der Waals surface area contributed by atoms with Crippen molar-refractivity contribution in [3.8, 4) is 0 Å². The second-order valence-electron chi connectivity index (χ2n) is 6.51. The van der Waals surface area contributed by atoms with Crippen molar-refractivity contribution in [2.24, 2.45) is 4.99 Å². The first-order chi connectivity index (χ1) is 13.7. The fraction of sp³-hybridized carbons (Fsp3) is 0.333. The first-order valence-electron chi connectivity index (χ1n) is 9.19. The second kappa shape index (κ2) is 11.8. The lowest BCUT2D eigenvalue weighted by molar-refractivity contribution is -0.137. The molecule has 164 valence electrons. The Morgan fingerprint density at radius 2 is 1.57 bits per heavy atom. The van der Waals surface area contributed by atoms with E-state index in [2.05, 4.69) is 15.6 Å². The molecule has 0 fully saturated rings. The number of benzene rings is 2. The number of carbonyl (C=O) groups excluding carboxylic acids is 1. The second-order valence-corrected chi connectivity index (χ2v) is 6.51. The number of hydrogen-bond donors (Lipinski definition) is 2. The van der Waals surface area contributed by atoms with Gasteiger partial charge in [0.05, 0.1) is 5.56 Å². The quantitative estimate of drug-likeness (QED) is 0.331. The Morgan fingerprint density at radius 3 is 2.07 bits per heavy atom. The molecule has 9 heteroatoms. The molecule has 0 aromatic heterocycles. The Labute approximate surface area is 191 Å². The number of guanidine groups is 1. The number of nitrogens with one attached hydrogen (secondary N) is 2. The van der Waals surface area contributed by atoms with Crippen molar-refractivity contribution in [3.63, 3.8) is 0 Å². The molecule has 5 nitrogen and oxygen atoms in total. The van der Waals surface area contributed by atoms with Crippen LogP contribution in [0.4, 0.5) is 13.2 Å². The van der Waals surface area contributed by atoms with Gasteiger partial charge in [-0.2, -0.15) is 13.2 Å². The molecule has 0 atom stereocenters. The minimum absolute atomic E-state index is 0. The molecule has 2 N–H and O–H groups in total. The summed E-state index contributed by atoms with van der Waals surface area (Å²) < 4.78 is 38.0. The molecular weight excluding hydrogens is 508 g/mol. The highest BCUT2D eigenvalue weighted by atomic mass is 127. The van der Waals surface area contributed by atoms with Crippen LogP contribution in [0.5, 0.6) is 0 Å². The predicted octanol–water partition coefficient (Wildman–Crippen LogP) is 4.28. The van der Waals surface area contributed by atoms with E-state index >= 15 is 0 Å². The van der Waals surface area contributed by atoms with Gasteiger partial charge in [-0.05, 0) is 42.3 Å². The summed E-state index contributed by atoms with van der Waals surface area (Å²) in [5.41, 5.74) is 1.65. The first-order valence-corrected chi connectivity index (χ1v) is 9.19. The van der Waals surface area contributed by atoms with Gasteiger partial charge < -0.3 is 15.5 Å². The van der Waals surface area contributed by atoms with Crippen LogP contribution in [0.1, 0.15) is 34.0 Å². The molecule has 0 spiro atoms. The van der Waals surface area contributed by atoms with Gasteiger partial charge in [-0.1, -0.05) is 24.3 Å². The first kappa shape index (κ1) is 25.7. The predicted molar refractivity (Wildman–Crippen MR) is 123 cm³/mol. The molecule has 0 saturated heterocycles. The summed E-state index contributed by atoms with van der Waals surface area (Å²) in [7, 11) is 3.45. The molecule has 2 rings (SSSR count). The highest BCUT2D eigenvalue weighted by molar-refractivity contribution is 14.0. The average molecular weight is 534 g/mol. The molecule has 2 aromatic carbocycles. The maximum atomic E-state index is 12.7. The van der Waals surface area contributed by atoms with Gasteiger partial charge in [0.2, 0.25) is 0 Å². The van der Waals surface area contributed by atoms with Crippen molar-refractivity contribution in [1.82, 2.24) is 15.5 Å². The van der Waals surface area contributed by atoms with Crippen LogP contribution in [0, 0.1) is 0 Å². The van der Waals surface area contributed by atoms with E-state index in [-0.39, 0.29) is 29.9 Å². The van der Waals surface area contributed by atoms with Gasteiger partial charge in [0.15, 0.2) is 5.96 Å². The van der Waals surface area contributed by atoms with Gasteiger partial charge in [-0.25, -0.2) is 0 Å². The molecule has 0 aliphatic heterocycles. The lowest BCUT2D eigenvalue weighted by atomic mass is 10.1. The number of nitrogens with zero attached hydrogens (tertiary/aromatic N) is 2. The molecule has 30 heavy (non-hydrogen) atoms. The lowest BCUT2D eigenvalue weighted by Gasteiger charge is -2.22. The summed E-state index contributed by atoms with van der Waals surface area (Å²) in [6.45, 7) is 3.35. The number of carbonyl (C=O) groups is 1. The minimum Gasteiger partial charge on any atom is -0.352 e. The topological polar surface area (TPSA) is 56.7 Å². The summed E-state index contributed by atoms with van der Waals surface area (Å²) in [4.78, 5) is 17.8. The highest BCUT2D eigenvalue weighted by Crippen LogP contribution is 2.29. The van der Waals surface area contributed by atoms with E-state index in [0.717, 1.165) is 23.3 Å². The maximum Gasteiger partial charge on any atom is 0.416 e. The monoisotopic (exact) mass is 534 g/mol. The fourth-order valence-corrected chi connectivity index (χ4v) is 2.75. The lowest BCUT2D eigenvalue weighted by Crippen LogP contribution is -2.38. The SMILES string of the molecule is CCNC(=O)c1ccc(CNC(=NC)N(C)Cc2ccc(C(F)(F)F)cc2)cc1.I. The van der Waals surface area contributed by atoms with E-state index in [1.807, 2.05) is 31.0 Å². The Balaban J connectivity index is 0.00000450. The molecule has 0 unspecified atom stereocenters. The highest BCUT2D eigenvalue weighted by Gasteiger charge is 2.29. The minimum atomic E-state index is -4.34. The van der Waals surface area contributed by atoms with Crippen LogP contribution in [0.25, 0.3) is 0 Å². The van der Waals surface area contributed by atoms with Crippen LogP contribution in [0.3, 0.4) is 0 Å². The summed E-state index contributed by atoms with van der Waals surface area (Å²) in [6.07, 6.45) is -4.34. The Morgan fingerprint density at radius 1 is 1.00 bits per heavy atom. The zero-order valence-corrected chi connectivity index (χ0v) is 19.4. The van der Waals surface area contributed by atoms with E-state index in [9.17, 15) is 18.0 Å². The van der Waals surface area contributed by atoms with E-state index in [1.54, 1.807) is 19.2 Å². The standard InChI is InChI=1S/C21H25F3N4O.HI/c1-4-26-19(29)17-9-5-15(6-10-17)13-27-20(25-2)28(3)14-16-7-11-18(12-8-16)21(22,23)24;/h5-12H,4,13-14H2,1-3H3,(H,25,27)(H,26,29);1H. The van der Waals surface area contributed by atoms with Crippen molar-refractivity contribution in [2.75, 3.05) is 20.6 Å². The fourth-order valence-electron chi connectivity index (χ4n) is 2.75.